The summed E-state index contributed by atoms with van der Waals surface area (Å²) in [6.07, 6.45) is 9.36. The number of likely N-dealkylation sites (tertiary alicyclic amines) is 1. The Morgan fingerprint density at radius 1 is 1.24 bits per heavy atom. The molecule has 3 rings (SSSR count). The van der Waals surface area contributed by atoms with E-state index in [1.165, 1.54) is 32.1 Å². The molecule has 1 aromatic carbocycles. The van der Waals surface area contributed by atoms with E-state index in [9.17, 15) is 9.90 Å². The summed E-state index contributed by atoms with van der Waals surface area (Å²) in [6.45, 7) is 2.52. The van der Waals surface area contributed by atoms with Crippen LogP contribution < -0.4 is 5.32 Å². The largest absolute Gasteiger partial charge is 0.394 e. The molecular weight excluding hydrogens is 438 g/mol. The number of urea groups is 1. The first-order chi connectivity index (χ1) is 16.0. The van der Waals surface area contributed by atoms with Crippen molar-refractivity contribution in [1.82, 2.24) is 15.1 Å². The fourth-order valence-corrected chi connectivity index (χ4v) is 5.72. The van der Waals surface area contributed by atoms with Crippen LogP contribution in [0.2, 0.25) is 5.02 Å². The fourth-order valence-electron chi connectivity index (χ4n) is 5.52. The predicted octanol–water partition coefficient (Wildman–Crippen LogP) is 4.71. The molecule has 1 heterocycles. The molecule has 7 heteroatoms. The maximum absolute atomic E-state index is 13.3. The van der Waals surface area contributed by atoms with Gasteiger partial charge in [0.2, 0.25) is 0 Å². The van der Waals surface area contributed by atoms with Crippen molar-refractivity contribution in [2.24, 2.45) is 11.8 Å². The topological polar surface area (TPSA) is 65.0 Å². The van der Waals surface area contributed by atoms with Crippen LogP contribution in [0, 0.1) is 11.8 Å². The van der Waals surface area contributed by atoms with E-state index in [0.29, 0.717) is 11.6 Å². The zero-order valence-corrected chi connectivity index (χ0v) is 21.1. The molecule has 1 aromatic rings. The van der Waals surface area contributed by atoms with E-state index in [0.717, 1.165) is 43.8 Å². The number of nitrogens with zero attached hydrogens (tertiary/aromatic N) is 2. The van der Waals surface area contributed by atoms with E-state index in [1.54, 1.807) is 0 Å². The van der Waals surface area contributed by atoms with Gasteiger partial charge in [-0.05, 0) is 57.0 Å². The van der Waals surface area contributed by atoms with Crippen LogP contribution in [0.4, 0.5) is 4.79 Å². The van der Waals surface area contributed by atoms with Crippen LogP contribution >= 0.6 is 11.6 Å². The third kappa shape index (κ3) is 8.43. The first kappa shape index (κ1) is 26.3. The van der Waals surface area contributed by atoms with Gasteiger partial charge in [-0.25, -0.2) is 4.79 Å². The monoisotopic (exact) mass is 479 g/mol. The lowest BCUT2D eigenvalue weighted by Gasteiger charge is -2.38. The number of hydrogen-bond donors (Lipinski definition) is 2. The third-order valence-electron chi connectivity index (χ3n) is 6.99. The van der Waals surface area contributed by atoms with Gasteiger partial charge in [0, 0.05) is 36.6 Å². The zero-order valence-electron chi connectivity index (χ0n) is 20.3. The fraction of sp³-hybridized carbons (Fsp3) is 0.731. The van der Waals surface area contributed by atoms with Gasteiger partial charge in [-0.1, -0.05) is 55.8 Å². The van der Waals surface area contributed by atoms with Crippen molar-refractivity contribution >= 4 is 17.6 Å². The molecule has 0 unspecified atom stereocenters. The molecule has 0 radical (unpaired) electrons. The maximum Gasteiger partial charge on any atom is 0.317 e. The Kier molecular flexibility index (Phi) is 10.8. The van der Waals surface area contributed by atoms with Gasteiger partial charge in [0.25, 0.3) is 0 Å². The first-order valence-corrected chi connectivity index (χ1v) is 13.0. The van der Waals surface area contributed by atoms with Crippen LogP contribution in [-0.4, -0.2) is 73.9 Å². The van der Waals surface area contributed by atoms with Crippen LogP contribution in [0.15, 0.2) is 24.3 Å². The Morgan fingerprint density at radius 3 is 2.73 bits per heavy atom. The van der Waals surface area contributed by atoms with Gasteiger partial charge in [-0.2, -0.15) is 0 Å². The number of aliphatic hydroxyl groups is 1. The van der Waals surface area contributed by atoms with Crippen molar-refractivity contribution in [3.05, 3.63) is 34.9 Å². The molecule has 2 aliphatic rings. The number of benzene rings is 1. The number of ether oxygens (including phenoxy) is 1. The summed E-state index contributed by atoms with van der Waals surface area (Å²) in [5.74, 6) is 0.886. The summed E-state index contributed by atoms with van der Waals surface area (Å²) in [4.78, 5) is 17.4. The molecule has 0 aromatic heterocycles. The predicted molar refractivity (Wildman–Crippen MR) is 134 cm³/mol. The molecule has 2 amide bonds. The quantitative estimate of drug-likeness (QED) is 0.510. The van der Waals surface area contributed by atoms with Crippen molar-refractivity contribution in [2.45, 2.75) is 63.5 Å². The molecule has 1 saturated heterocycles. The lowest BCUT2D eigenvalue weighted by Crippen LogP contribution is -2.52. The average molecular weight is 480 g/mol. The van der Waals surface area contributed by atoms with E-state index in [4.69, 9.17) is 16.3 Å². The van der Waals surface area contributed by atoms with E-state index >= 15 is 0 Å². The third-order valence-corrected chi connectivity index (χ3v) is 7.23. The number of aliphatic hydroxyl groups excluding tert-OH is 1. The maximum atomic E-state index is 13.3. The minimum absolute atomic E-state index is 0.0264. The van der Waals surface area contributed by atoms with Gasteiger partial charge < -0.3 is 25.0 Å². The number of amides is 2. The first-order valence-electron chi connectivity index (χ1n) is 12.6. The second-order valence-corrected chi connectivity index (χ2v) is 10.5. The van der Waals surface area contributed by atoms with Crippen molar-refractivity contribution in [1.29, 1.82) is 0 Å². The number of rotatable bonds is 10. The van der Waals surface area contributed by atoms with Crippen LogP contribution in [0.1, 0.15) is 63.0 Å². The van der Waals surface area contributed by atoms with E-state index in [2.05, 4.69) is 24.3 Å². The summed E-state index contributed by atoms with van der Waals surface area (Å²) in [6, 6.07) is 7.94. The van der Waals surface area contributed by atoms with E-state index in [1.807, 2.05) is 29.2 Å². The molecule has 2 N–H and O–H groups in total. The molecule has 1 saturated carbocycles. The standard InChI is InChI=1S/C26H42ClN3O3/c1-29(2)19-24(16-20-8-4-3-5-9-20)28-26(32)30-13-7-11-22(18-30)25(33-15-14-31)21-10-6-12-23(27)17-21/h6,10,12,17,20,22,24-25,31H,3-5,7-9,11,13-16,18-19H2,1-2H3,(H,28,32)/t22-,24+,25+/m1/s1. The summed E-state index contributed by atoms with van der Waals surface area (Å²) >= 11 is 6.24. The summed E-state index contributed by atoms with van der Waals surface area (Å²) in [7, 11) is 4.15. The highest BCUT2D eigenvalue weighted by Crippen LogP contribution is 2.34. The number of carbonyl (C=O) groups excluding carboxylic acids is 1. The number of halogens is 1. The Hall–Kier alpha value is -1.34. The number of likely N-dealkylation sites (N-methyl/N-ethyl adjacent to an activating group) is 1. The molecule has 3 atom stereocenters. The van der Waals surface area contributed by atoms with Gasteiger partial charge in [-0.15, -0.1) is 0 Å². The molecule has 0 spiro atoms. The number of hydrogen-bond acceptors (Lipinski definition) is 4. The van der Waals surface area contributed by atoms with Crippen molar-refractivity contribution in [3.8, 4) is 0 Å². The van der Waals surface area contributed by atoms with Gasteiger partial charge in [0.05, 0.1) is 19.3 Å². The highest BCUT2D eigenvalue weighted by molar-refractivity contribution is 6.30. The highest BCUT2D eigenvalue weighted by atomic mass is 35.5. The van der Waals surface area contributed by atoms with Crippen molar-refractivity contribution in [2.75, 3.05) is 46.9 Å². The number of piperidine rings is 1. The van der Waals surface area contributed by atoms with E-state index in [-0.39, 0.29) is 37.3 Å². The molecule has 1 aliphatic heterocycles. The van der Waals surface area contributed by atoms with Crippen molar-refractivity contribution in [3.63, 3.8) is 0 Å². The van der Waals surface area contributed by atoms with Gasteiger partial charge in [-0.3, -0.25) is 0 Å². The lowest BCUT2D eigenvalue weighted by molar-refractivity contribution is -0.0240. The Labute approximate surface area is 204 Å². The smallest absolute Gasteiger partial charge is 0.317 e. The highest BCUT2D eigenvalue weighted by Gasteiger charge is 2.32. The normalized spacial score (nSPS) is 21.7. The number of carbonyl (C=O) groups is 1. The number of nitrogens with one attached hydrogen (secondary N) is 1. The van der Waals surface area contributed by atoms with Gasteiger partial charge in [0.1, 0.15) is 0 Å². The Morgan fingerprint density at radius 2 is 2.03 bits per heavy atom. The minimum atomic E-state index is -0.189. The molecule has 1 aliphatic carbocycles. The summed E-state index contributed by atoms with van der Waals surface area (Å²) in [5.41, 5.74) is 1.01. The van der Waals surface area contributed by atoms with Crippen LogP contribution in [0.5, 0.6) is 0 Å². The van der Waals surface area contributed by atoms with Crippen LogP contribution in [0.25, 0.3) is 0 Å². The molecule has 6 nitrogen and oxygen atoms in total. The molecule has 2 fully saturated rings. The second kappa shape index (κ2) is 13.5. The second-order valence-electron chi connectivity index (χ2n) is 10.1. The van der Waals surface area contributed by atoms with Crippen LogP contribution in [0.3, 0.4) is 0 Å². The minimum Gasteiger partial charge on any atom is -0.394 e. The molecular formula is C26H42ClN3O3. The lowest BCUT2D eigenvalue weighted by atomic mass is 9.84. The summed E-state index contributed by atoms with van der Waals surface area (Å²) in [5, 5.41) is 13.4. The van der Waals surface area contributed by atoms with Crippen molar-refractivity contribution < 1.29 is 14.6 Å². The molecule has 186 valence electrons. The van der Waals surface area contributed by atoms with Crippen LogP contribution in [-0.2, 0) is 4.74 Å². The SMILES string of the molecule is CN(C)C[C@H](CC1CCCCC1)NC(=O)N1CCC[C@@H]([C@@H](OCCO)c2cccc(Cl)c2)C1. The van der Waals surface area contributed by atoms with E-state index < -0.39 is 0 Å². The summed E-state index contributed by atoms with van der Waals surface area (Å²) < 4.78 is 6.06. The van der Waals surface area contributed by atoms with Gasteiger partial charge in [0.15, 0.2) is 0 Å². The molecule has 0 bridgehead atoms. The Balaban J connectivity index is 1.64. The average Bonchev–Trinajstić information content (AvgIpc) is 2.80. The van der Waals surface area contributed by atoms with Gasteiger partial charge >= 0.3 is 6.03 Å². The Bertz CT molecular complexity index is 726. The molecule has 33 heavy (non-hydrogen) atoms. The zero-order chi connectivity index (χ0) is 23.6.